The van der Waals surface area contributed by atoms with Gasteiger partial charge in [0.05, 0.1) is 31.1 Å². The Bertz CT molecular complexity index is 777. The van der Waals surface area contributed by atoms with Crippen molar-refractivity contribution in [2.45, 2.75) is 12.8 Å². The lowest BCUT2D eigenvalue weighted by Gasteiger charge is -2.22. The third kappa shape index (κ3) is 2.87. The van der Waals surface area contributed by atoms with E-state index in [1.54, 1.807) is 18.2 Å². The molecule has 0 amide bonds. The maximum absolute atomic E-state index is 12.0. The molecule has 128 valence electrons. The van der Waals surface area contributed by atoms with Crippen LogP contribution < -0.4 is 9.68 Å². The summed E-state index contributed by atoms with van der Waals surface area (Å²) >= 11 is 5.97. The summed E-state index contributed by atoms with van der Waals surface area (Å²) in [5, 5.41) is 16.4. The molecule has 3 heterocycles. The van der Waals surface area contributed by atoms with Crippen molar-refractivity contribution >= 4 is 28.7 Å². The Morgan fingerprint density at radius 3 is 2.75 bits per heavy atom. The van der Waals surface area contributed by atoms with Crippen LogP contribution in [0.25, 0.3) is 11.0 Å². The van der Waals surface area contributed by atoms with Gasteiger partial charge in [-0.25, -0.2) is 9.48 Å². The second kappa shape index (κ2) is 6.45. The van der Waals surface area contributed by atoms with E-state index in [9.17, 15) is 5.21 Å². The number of benzene rings is 1. The smallest absolute Gasteiger partial charge is 0.492 e. The van der Waals surface area contributed by atoms with Gasteiger partial charge in [0.2, 0.25) is 11.0 Å². The van der Waals surface area contributed by atoms with Gasteiger partial charge in [0.1, 0.15) is 18.3 Å². The second-order valence-corrected chi connectivity index (χ2v) is 6.37. The molecule has 4 rings (SSSR count). The van der Waals surface area contributed by atoms with Gasteiger partial charge in [-0.1, -0.05) is 11.6 Å². The van der Waals surface area contributed by atoms with Gasteiger partial charge < -0.3 is 9.94 Å². The van der Waals surface area contributed by atoms with Crippen LogP contribution in [0, 0.1) is 5.21 Å². The van der Waals surface area contributed by atoms with Gasteiger partial charge >= 0.3 is 6.02 Å². The maximum atomic E-state index is 12.0. The van der Waals surface area contributed by atoms with E-state index in [1.807, 2.05) is 0 Å². The molecule has 24 heavy (non-hydrogen) atoms. The van der Waals surface area contributed by atoms with Gasteiger partial charge in [-0.3, -0.25) is 0 Å². The number of rotatable bonds is 1. The highest BCUT2D eigenvalue weighted by Crippen LogP contribution is 2.16. The first-order valence-electron chi connectivity index (χ1n) is 8.13. The molecule has 2 aliphatic heterocycles. The summed E-state index contributed by atoms with van der Waals surface area (Å²) in [6.07, 6.45) is 2.27. The molecular weight excluding hydrogens is 334 g/mol. The Kier molecular flexibility index (Phi) is 4.15. The molecule has 8 nitrogen and oxygen atoms in total. The van der Waals surface area contributed by atoms with Gasteiger partial charge in [-0.2, -0.15) is 4.84 Å². The minimum Gasteiger partial charge on any atom is -0.691 e. The molecule has 0 spiro atoms. The van der Waals surface area contributed by atoms with E-state index in [0.717, 1.165) is 45.0 Å². The first kappa shape index (κ1) is 15.5. The number of morpholine rings is 1. The van der Waals surface area contributed by atoms with Crippen molar-refractivity contribution in [1.29, 1.82) is 0 Å². The summed E-state index contributed by atoms with van der Waals surface area (Å²) in [5.41, 5.74) is 0.963. The molecule has 1 aromatic heterocycles. The van der Waals surface area contributed by atoms with Crippen molar-refractivity contribution in [1.82, 2.24) is 15.0 Å². The number of halogens is 1. The molecule has 0 bridgehead atoms. The van der Waals surface area contributed by atoms with Gasteiger partial charge in [0.25, 0.3) is 0 Å². The molecule has 0 unspecified atom stereocenters. The monoisotopic (exact) mass is 352 g/mol. The van der Waals surface area contributed by atoms with Crippen LogP contribution in [0.2, 0.25) is 5.02 Å². The van der Waals surface area contributed by atoms with Crippen LogP contribution in [0.4, 0.5) is 0 Å². The van der Waals surface area contributed by atoms with Crippen molar-refractivity contribution in [2.75, 3.05) is 39.4 Å². The highest BCUT2D eigenvalue weighted by atomic mass is 35.5. The summed E-state index contributed by atoms with van der Waals surface area (Å²) in [4.78, 5) is 10.0. The molecule has 9 heteroatoms. The molecule has 2 aromatic rings. The lowest BCUT2D eigenvalue weighted by atomic mass is 10.3. The number of ether oxygens (including phenoxy) is 1. The van der Waals surface area contributed by atoms with Gasteiger partial charge in [0, 0.05) is 11.1 Å². The van der Waals surface area contributed by atoms with Crippen LogP contribution in [0.3, 0.4) is 0 Å². The van der Waals surface area contributed by atoms with E-state index in [4.69, 9.17) is 21.2 Å². The number of amidine groups is 1. The fourth-order valence-corrected chi connectivity index (χ4v) is 3.27. The highest BCUT2D eigenvalue weighted by molar-refractivity contribution is 6.31. The second-order valence-electron chi connectivity index (χ2n) is 5.94. The summed E-state index contributed by atoms with van der Waals surface area (Å²) in [5.74, 6) is 0. The predicted octanol–water partition coefficient (Wildman–Crippen LogP) is 0.246. The SMILES string of the molecule is [O-][n+]1nn(OC(N2CCOCC2)=[N+]2CCCC2)c2ccc(Cl)cc21. The van der Waals surface area contributed by atoms with Crippen molar-refractivity contribution < 1.29 is 19.0 Å². The van der Waals surface area contributed by atoms with Crippen LogP contribution in [0.1, 0.15) is 12.8 Å². The van der Waals surface area contributed by atoms with E-state index in [-0.39, 0.29) is 0 Å². The number of aromatic nitrogens is 3. The van der Waals surface area contributed by atoms with Gasteiger partial charge in [-0.15, -0.1) is 4.85 Å². The first-order valence-corrected chi connectivity index (χ1v) is 8.51. The van der Waals surface area contributed by atoms with Gasteiger partial charge in [0.15, 0.2) is 0 Å². The predicted molar refractivity (Wildman–Crippen MR) is 86.9 cm³/mol. The van der Waals surface area contributed by atoms with E-state index >= 15 is 0 Å². The normalized spacial score (nSPS) is 18.4. The van der Waals surface area contributed by atoms with Crippen LogP contribution in [-0.2, 0) is 4.74 Å². The minimum absolute atomic E-state index is 0.380. The van der Waals surface area contributed by atoms with Crippen LogP contribution in [0.5, 0.6) is 0 Å². The Hall–Kier alpha value is -2.06. The highest BCUT2D eigenvalue weighted by Gasteiger charge is 2.33. The number of nitrogens with zero attached hydrogens (tertiary/aromatic N) is 5. The van der Waals surface area contributed by atoms with Crippen molar-refractivity contribution in [2.24, 2.45) is 0 Å². The molecule has 2 saturated heterocycles. The van der Waals surface area contributed by atoms with Crippen LogP contribution in [0.15, 0.2) is 18.2 Å². The summed E-state index contributed by atoms with van der Waals surface area (Å²) in [6, 6.07) is 5.77. The van der Waals surface area contributed by atoms with Crippen molar-refractivity contribution in [3.63, 3.8) is 0 Å². The molecule has 2 aliphatic rings. The molecule has 0 saturated carbocycles. The number of hydrogen-bond acceptors (Lipinski definition) is 4. The Balaban J connectivity index is 1.71. The number of fused-ring (bicyclic) bond motifs is 1. The first-order chi connectivity index (χ1) is 11.7. The quantitative estimate of drug-likeness (QED) is 0.418. The lowest BCUT2D eigenvalue weighted by Crippen LogP contribution is -2.49. The number of hydrogen-bond donors (Lipinski definition) is 0. The minimum atomic E-state index is 0.380. The van der Waals surface area contributed by atoms with E-state index in [0.29, 0.717) is 34.1 Å². The molecule has 2 fully saturated rings. The third-order valence-electron chi connectivity index (χ3n) is 4.34. The lowest BCUT2D eigenvalue weighted by molar-refractivity contribution is -0.649. The van der Waals surface area contributed by atoms with Crippen LogP contribution >= 0.6 is 11.6 Å². The average molecular weight is 353 g/mol. The van der Waals surface area contributed by atoms with E-state index in [2.05, 4.69) is 14.7 Å². The fraction of sp³-hybridized carbons (Fsp3) is 0.533. The Morgan fingerprint density at radius 2 is 2.00 bits per heavy atom. The van der Waals surface area contributed by atoms with Crippen LogP contribution in [-0.4, -0.2) is 64.9 Å². The third-order valence-corrected chi connectivity index (χ3v) is 4.57. The average Bonchev–Trinajstić information content (AvgIpc) is 3.22. The largest absolute Gasteiger partial charge is 0.691 e. The fourth-order valence-electron chi connectivity index (χ4n) is 3.10. The van der Waals surface area contributed by atoms with Crippen molar-refractivity contribution in [3.05, 3.63) is 28.4 Å². The zero-order valence-corrected chi connectivity index (χ0v) is 14.0. The summed E-state index contributed by atoms with van der Waals surface area (Å²) in [7, 11) is 0. The summed E-state index contributed by atoms with van der Waals surface area (Å²) in [6.45, 7) is 4.72. The topological polar surface area (TPSA) is 69.5 Å². The summed E-state index contributed by atoms with van der Waals surface area (Å²) < 4.78 is 7.63. The zero-order valence-electron chi connectivity index (χ0n) is 13.2. The standard InChI is InChI=1S/C15H19ClN5O3/c16-12-3-4-13-14(11-12)20(22)17-21(13)24-15(18-5-1-2-6-18)19-7-9-23-10-8-19/h3-4,11H,1-2,5-10H2/q+1. The van der Waals surface area contributed by atoms with E-state index in [1.165, 1.54) is 4.85 Å². The molecule has 1 aromatic carbocycles. The zero-order chi connectivity index (χ0) is 16.5. The molecule has 0 atom stereocenters. The molecule has 0 aliphatic carbocycles. The Labute approximate surface area is 143 Å². The molecular formula is C15H19ClN5O3+. The van der Waals surface area contributed by atoms with E-state index < -0.39 is 0 Å². The maximum Gasteiger partial charge on any atom is 0.492 e. The Morgan fingerprint density at radius 1 is 1.25 bits per heavy atom. The van der Waals surface area contributed by atoms with Gasteiger partial charge in [-0.05, 0) is 25.0 Å². The molecule has 0 radical (unpaired) electrons. The van der Waals surface area contributed by atoms with Crippen molar-refractivity contribution in [3.8, 4) is 0 Å². The molecule has 0 N–H and O–H groups in total.